The molecule has 0 atom stereocenters. The maximum absolute atomic E-state index is 13.8. The van der Waals surface area contributed by atoms with Gasteiger partial charge < -0.3 is 5.32 Å². The van der Waals surface area contributed by atoms with Crippen LogP contribution in [-0.2, 0) is 14.8 Å². The average Bonchev–Trinajstić information content (AvgIpc) is 2.53. The Morgan fingerprint density at radius 1 is 1.37 bits per heavy atom. The molecule has 5 nitrogen and oxygen atoms in total. The van der Waals surface area contributed by atoms with E-state index in [2.05, 4.69) is 21.2 Å². The van der Waals surface area contributed by atoms with Crippen LogP contribution in [0.1, 0.15) is 6.42 Å². The lowest BCUT2D eigenvalue weighted by Crippen LogP contribution is -2.37. The van der Waals surface area contributed by atoms with Crippen LogP contribution in [0.3, 0.4) is 0 Å². The molecule has 8 heteroatoms. The summed E-state index contributed by atoms with van der Waals surface area (Å²) >= 11 is 3.07. The van der Waals surface area contributed by atoms with Gasteiger partial charge in [-0.3, -0.25) is 4.79 Å². The van der Waals surface area contributed by atoms with Gasteiger partial charge in [0.2, 0.25) is 15.9 Å². The summed E-state index contributed by atoms with van der Waals surface area (Å²) in [6.07, 6.45) is 0.503. The molecular weight excluding hydrogens is 339 g/mol. The number of hydrogen-bond acceptors (Lipinski definition) is 3. The highest BCUT2D eigenvalue weighted by molar-refractivity contribution is 9.10. The van der Waals surface area contributed by atoms with Crippen molar-refractivity contribution in [2.75, 3.05) is 19.6 Å². The van der Waals surface area contributed by atoms with Crippen molar-refractivity contribution in [3.8, 4) is 0 Å². The van der Waals surface area contributed by atoms with E-state index in [1.54, 1.807) is 0 Å². The summed E-state index contributed by atoms with van der Waals surface area (Å²) in [5, 5.41) is 2.58. The van der Waals surface area contributed by atoms with Crippen molar-refractivity contribution >= 4 is 31.9 Å². The normalized spacial score (nSPS) is 17.9. The van der Waals surface area contributed by atoms with E-state index in [9.17, 15) is 17.6 Å². The molecule has 1 aliphatic heterocycles. The van der Waals surface area contributed by atoms with Crippen molar-refractivity contribution in [3.63, 3.8) is 0 Å². The Balaban J connectivity index is 2.38. The van der Waals surface area contributed by atoms with Crippen molar-refractivity contribution in [1.29, 1.82) is 0 Å². The standard InChI is InChI=1S/C11H12BrFN2O3S/c12-8-2-3-10(9(13)6-8)19(17,18)15-5-1-4-14-11(16)7-15/h2-3,6H,1,4-5,7H2,(H,14,16). The van der Waals surface area contributed by atoms with Crippen molar-refractivity contribution in [2.24, 2.45) is 0 Å². The number of hydrogen-bond donors (Lipinski definition) is 1. The second-order valence-corrected chi connectivity index (χ2v) is 6.94. The van der Waals surface area contributed by atoms with E-state index in [1.807, 2.05) is 0 Å². The van der Waals surface area contributed by atoms with Gasteiger partial charge in [0.25, 0.3) is 0 Å². The van der Waals surface area contributed by atoms with Crippen molar-refractivity contribution in [1.82, 2.24) is 9.62 Å². The van der Waals surface area contributed by atoms with Gasteiger partial charge >= 0.3 is 0 Å². The Labute approximate surface area is 119 Å². The Morgan fingerprint density at radius 2 is 2.11 bits per heavy atom. The predicted octanol–water partition coefficient (Wildman–Crippen LogP) is 1.10. The van der Waals surface area contributed by atoms with Crippen LogP contribution in [0.25, 0.3) is 0 Å². The van der Waals surface area contributed by atoms with Crippen LogP contribution in [0.2, 0.25) is 0 Å². The lowest BCUT2D eigenvalue weighted by atomic mass is 10.3. The zero-order valence-corrected chi connectivity index (χ0v) is 12.3. The summed E-state index contributed by atoms with van der Waals surface area (Å²) in [7, 11) is -3.99. The number of amides is 1. The summed E-state index contributed by atoms with van der Waals surface area (Å²) in [5.41, 5.74) is 0. The molecule has 0 bridgehead atoms. The molecule has 0 spiro atoms. The van der Waals surface area contributed by atoms with Gasteiger partial charge in [-0.25, -0.2) is 12.8 Å². The van der Waals surface area contributed by atoms with Crippen LogP contribution in [0.15, 0.2) is 27.6 Å². The van der Waals surface area contributed by atoms with Crippen LogP contribution in [0.4, 0.5) is 4.39 Å². The summed E-state index contributed by atoms with van der Waals surface area (Å²) in [5.74, 6) is -1.21. The van der Waals surface area contributed by atoms with Gasteiger partial charge in [0.15, 0.2) is 0 Å². The maximum Gasteiger partial charge on any atom is 0.246 e. The van der Waals surface area contributed by atoms with E-state index >= 15 is 0 Å². The van der Waals surface area contributed by atoms with Crippen LogP contribution in [0, 0.1) is 5.82 Å². The molecule has 0 aromatic heterocycles. The van der Waals surface area contributed by atoms with Crippen LogP contribution in [0.5, 0.6) is 0 Å². The fraction of sp³-hybridized carbons (Fsp3) is 0.364. The Morgan fingerprint density at radius 3 is 2.79 bits per heavy atom. The summed E-state index contributed by atoms with van der Waals surface area (Å²) in [6, 6.07) is 3.73. The van der Waals surface area contributed by atoms with Gasteiger partial charge in [-0.2, -0.15) is 4.31 Å². The monoisotopic (exact) mass is 350 g/mol. The summed E-state index contributed by atoms with van der Waals surface area (Å²) < 4.78 is 39.8. The summed E-state index contributed by atoms with van der Waals surface area (Å²) in [6.45, 7) is 0.335. The average molecular weight is 351 g/mol. The quantitative estimate of drug-likeness (QED) is 0.868. The molecule has 19 heavy (non-hydrogen) atoms. The van der Waals surface area contributed by atoms with Gasteiger partial charge in [-0.15, -0.1) is 0 Å². The number of rotatable bonds is 2. The number of benzene rings is 1. The predicted molar refractivity (Wildman–Crippen MR) is 70.5 cm³/mol. The molecule has 1 saturated heterocycles. The minimum absolute atomic E-state index is 0.191. The Bertz CT molecular complexity index is 606. The Hall–Kier alpha value is -0.990. The van der Waals surface area contributed by atoms with Crippen LogP contribution < -0.4 is 5.32 Å². The van der Waals surface area contributed by atoms with Gasteiger partial charge in [-0.1, -0.05) is 15.9 Å². The second-order valence-electron chi connectivity index (χ2n) is 4.12. The fourth-order valence-corrected chi connectivity index (χ4v) is 3.62. The van der Waals surface area contributed by atoms with Gasteiger partial charge in [0.1, 0.15) is 10.7 Å². The summed E-state index contributed by atoms with van der Waals surface area (Å²) in [4.78, 5) is 11.0. The molecular formula is C11H12BrFN2O3S. The molecule has 1 amide bonds. The van der Waals surface area contributed by atoms with E-state index in [0.717, 1.165) is 10.4 Å². The first-order chi connectivity index (χ1) is 8.91. The molecule has 0 radical (unpaired) electrons. The molecule has 1 aromatic rings. The highest BCUT2D eigenvalue weighted by Crippen LogP contribution is 2.23. The minimum Gasteiger partial charge on any atom is -0.355 e. The van der Waals surface area contributed by atoms with E-state index < -0.39 is 20.7 Å². The highest BCUT2D eigenvalue weighted by atomic mass is 79.9. The SMILES string of the molecule is O=C1CN(S(=O)(=O)c2ccc(Br)cc2F)CCCN1. The molecule has 0 unspecified atom stereocenters. The topological polar surface area (TPSA) is 66.5 Å². The van der Waals surface area contributed by atoms with Crippen molar-refractivity contribution in [2.45, 2.75) is 11.3 Å². The first-order valence-corrected chi connectivity index (χ1v) is 7.86. The van der Waals surface area contributed by atoms with E-state index in [-0.39, 0.29) is 19.0 Å². The molecule has 1 N–H and O–H groups in total. The highest BCUT2D eigenvalue weighted by Gasteiger charge is 2.30. The first kappa shape index (κ1) is 14.4. The third kappa shape index (κ3) is 3.13. The number of nitrogens with one attached hydrogen (secondary N) is 1. The number of carbonyl (C=O) groups excluding carboxylic acids is 1. The first-order valence-electron chi connectivity index (χ1n) is 5.63. The zero-order chi connectivity index (χ0) is 14.0. The molecule has 1 aliphatic rings. The van der Waals surface area contributed by atoms with Gasteiger partial charge in [0.05, 0.1) is 6.54 Å². The Kier molecular flexibility index (Phi) is 4.22. The molecule has 104 valence electrons. The maximum atomic E-state index is 13.8. The van der Waals surface area contributed by atoms with Crippen LogP contribution in [-0.4, -0.2) is 38.3 Å². The van der Waals surface area contributed by atoms with Gasteiger partial charge in [0, 0.05) is 17.6 Å². The van der Waals surface area contributed by atoms with E-state index in [1.165, 1.54) is 12.1 Å². The van der Waals surface area contributed by atoms with Crippen LogP contribution >= 0.6 is 15.9 Å². The third-order valence-corrected chi connectivity index (χ3v) is 5.11. The van der Waals surface area contributed by atoms with E-state index in [4.69, 9.17) is 0 Å². The molecule has 1 heterocycles. The minimum atomic E-state index is -3.99. The molecule has 2 rings (SSSR count). The number of nitrogens with zero attached hydrogens (tertiary/aromatic N) is 1. The molecule has 0 aliphatic carbocycles. The number of halogens is 2. The fourth-order valence-electron chi connectivity index (χ4n) is 1.81. The van der Waals surface area contributed by atoms with Crippen molar-refractivity contribution in [3.05, 3.63) is 28.5 Å². The zero-order valence-electron chi connectivity index (χ0n) is 9.90. The van der Waals surface area contributed by atoms with E-state index in [0.29, 0.717) is 17.4 Å². The third-order valence-electron chi connectivity index (χ3n) is 2.74. The van der Waals surface area contributed by atoms with Crippen molar-refractivity contribution < 1.29 is 17.6 Å². The largest absolute Gasteiger partial charge is 0.355 e. The smallest absolute Gasteiger partial charge is 0.246 e. The second kappa shape index (κ2) is 5.56. The van der Waals surface area contributed by atoms with Gasteiger partial charge in [-0.05, 0) is 24.6 Å². The molecule has 0 saturated carbocycles. The molecule has 1 fully saturated rings. The number of carbonyl (C=O) groups is 1. The lowest BCUT2D eigenvalue weighted by Gasteiger charge is -2.19. The molecule has 1 aromatic carbocycles. The lowest BCUT2D eigenvalue weighted by molar-refractivity contribution is -0.120. The number of sulfonamides is 1.